The van der Waals surface area contributed by atoms with Gasteiger partial charge in [0.05, 0.1) is 0 Å². The molecule has 0 fully saturated rings. The van der Waals surface area contributed by atoms with E-state index in [0.29, 0.717) is 5.56 Å². The smallest absolute Gasteiger partial charge is 0.255 e. The van der Waals surface area contributed by atoms with Crippen LogP contribution in [-0.2, 0) is 6.42 Å². The molecule has 0 aliphatic carbocycles. The maximum atomic E-state index is 12.3. The molecule has 2 heteroatoms. The van der Waals surface area contributed by atoms with Gasteiger partial charge < -0.3 is 5.32 Å². The van der Waals surface area contributed by atoms with E-state index >= 15 is 0 Å². The molecule has 3 aromatic carbocycles. The van der Waals surface area contributed by atoms with Crippen LogP contribution >= 0.6 is 0 Å². The molecule has 0 spiro atoms. The number of amides is 1. The summed E-state index contributed by atoms with van der Waals surface area (Å²) in [5.74, 6) is -0.0823. The second-order valence-corrected chi connectivity index (χ2v) is 5.14. The van der Waals surface area contributed by atoms with Crippen LogP contribution in [0, 0.1) is 0 Å². The van der Waals surface area contributed by atoms with E-state index in [-0.39, 0.29) is 5.91 Å². The summed E-state index contributed by atoms with van der Waals surface area (Å²) in [7, 11) is 0. The highest BCUT2D eigenvalue weighted by Gasteiger charge is 2.08. The van der Waals surface area contributed by atoms with E-state index in [9.17, 15) is 4.79 Å². The van der Waals surface area contributed by atoms with Gasteiger partial charge in [-0.15, -0.1) is 0 Å². The first kappa shape index (κ1) is 14.1. The molecule has 1 amide bonds. The van der Waals surface area contributed by atoms with Gasteiger partial charge in [0.15, 0.2) is 0 Å². The zero-order valence-corrected chi connectivity index (χ0v) is 12.2. The molecule has 0 saturated heterocycles. The van der Waals surface area contributed by atoms with Crippen LogP contribution in [0.1, 0.15) is 21.5 Å². The third kappa shape index (κ3) is 3.41. The summed E-state index contributed by atoms with van der Waals surface area (Å²) in [5.41, 5.74) is 3.86. The first-order valence-corrected chi connectivity index (χ1v) is 7.31. The van der Waals surface area contributed by atoms with Gasteiger partial charge in [0.1, 0.15) is 0 Å². The Hall–Kier alpha value is -2.87. The fourth-order valence-corrected chi connectivity index (χ4v) is 2.40. The lowest BCUT2D eigenvalue weighted by atomic mass is 10.0. The molecule has 0 aromatic heterocycles. The van der Waals surface area contributed by atoms with Gasteiger partial charge in [0.2, 0.25) is 0 Å². The van der Waals surface area contributed by atoms with E-state index in [0.717, 1.165) is 17.7 Å². The predicted octanol–water partition coefficient (Wildman–Crippen LogP) is 4.53. The number of para-hydroxylation sites is 1. The van der Waals surface area contributed by atoms with Gasteiger partial charge in [-0.25, -0.2) is 0 Å². The summed E-state index contributed by atoms with van der Waals surface area (Å²) >= 11 is 0. The molecular weight excluding hydrogens is 270 g/mol. The fraction of sp³-hybridized carbons (Fsp3) is 0.0500. The highest BCUT2D eigenvalue weighted by atomic mass is 16.1. The van der Waals surface area contributed by atoms with Crippen LogP contribution in [-0.4, -0.2) is 5.91 Å². The SMILES string of the molecule is O=C(Nc1ccccc1Cc1ccccc1)c1ccccc1. The standard InChI is InChI=1S/C20H17NO/c22-20(17-11-5-2-6-12-17)21-19-14-8-7-13-18(19)15-16-9-3-1-4-10-16/h1-14H,15H2,(H,21,22). The van der Waals surface area contributed by atoms with Crippen molar-refractivity contribution < 1.29 is 4.79 Å². The van der Waals surface area contributed by atoms with Crippen LogP contribution in [0.5, 0.6) is 0 Å². The second-order valence-electron chi connectivity index (χ2n) is 5.14. The molecule has 3 rings (SSSR count). The normalized spacial score (nSPS) is 10.2. The molecule has 0 bridgehead atoms. The first-order valence-electron chi connectivity index (χ1n) is 7.31. The van der Waals surface area contributed by atoms with Crippen molar-refractivity contribution >= 4 is 11.6 Å². The molecule has 0 atom stereocenters. The number of hydrogen-bond acceptors (Lipinski definition) is 1. The quantitative estimate of drug-likeness (QED) is 0.750. The Labute approximate surface area is 130 Å². The van der Waals surface area contributed by atoms with Crippen LogP contribution in [0.15, 0.2) is 84.9 Å². The van der Waals surface area contributed by atoms with Crippen LogP contribution in [0.3, 0.4) is 0 Å². The zero-order valence-electron chi connectivity index (χ0n) is 12.2. The van der Waals surface area contributed by atoms with E-state index in [4.69, 9.17) is 0 Å². The Morgan fingerprint density at radius 1 is 0.727 bits per heavy atom. The lowest BCUT2D eigenvalue weighted by molar-refractivity contribution is 0.102. The molecular formula is C20H17NO. The third-order valence-corrected chi connectivity index (χ3v) is 3.54. The molecule has 0 unspecified atom stereocenters. The van der Waals surface area contributed by atoms with Crippen molar-refractivity contribution in [3.05, 3.63) is 102 Å². The number of carbonyl (C=O) groups excluding carboxylic acids is 1. The van der Waals surface area contributed by atoms with Gasteiger partial charge in [0, 0.05) is 11.3 Å². The number of rotatable bonds is 4. The molecule has 2 nitrogen and oxygen atoms in total. The van der Waals surface area contributed by atoms with E-state index in [1.807, 2.05) is 72.8 Å². The molecule has 0 saturated carbocycles. The highest BCUT2D eigenvalue weighted by molar-refractivity contribution is 6.04. The van der Waals surface area contributed by atoms with E-state index in [2.05, 4.69) is 17.4 Å². The minimum absolute atomic E-state index is 0.0823. The van der Waals surface area contributed by atoms with Crippen molar-refractivity contribution in [2.24, 2.45) is 0 Å². The molecule has 1 N–H and O–H groups in total. The average molecular weight is 287 g/mol. The number of nitrogens with one attached hydrogen (secondary N) is 1. The molecule has 0 heterocycles. The Balaban J connectivity index is 1.81. The van der Waals surface area contributed by atoms with Crippen LogP contribution in [0.2, 0.25) is 0 Å². The summed E-state index contributed by atoms with van der Waals surface area (Å²) in [6.07, 6.45) is 0.798. The van der Waals surface area contributed by atoms with Crippen molar-refractivity contribution in [3.8, 4) is 0 Å². The summed E-state index contributed by atoms with van der Waals surface area (Å²) < 4.78 is 0. The number of anilines is 1. The van der Waals surface area contributed by atoms with Gasteiger partial charge in [-0.05, 0) is 35.7 Å². The topological polar surface area (TPSA) is 29.1 Å². The van der Waals surface area contributed by atoms with E-state index < -0.39 is 0 Å². The number of benzene rings is 3. The predicted molar refractivity (Wildman–Crippen MR) is 90.1 cm³/mol. The maximum absolute atomic E-state index is 12.3. The molecule has 22 heavy (non-hydrogen) atoms. The highest BCUT2D eigenvalue weighted by Crippen LogP contribution is 2.20. The zero-order chi connectivity index (χ0) is 15.2. The third-order valence-electron chi connectivity index (χ3n) is 3.54. The van der Waals surface area contributed by atoms with Crippen LogP contribution in [0.4, 0.5) is 5.69 Å². The lowest BCUT2D eigenvalue weighted by Gasteiger charge is -2.11. The second kappa shape index (κ2) is 6.72. The minimum atomic E-state index is -0.0823. The summed E-state index contributed by atoms with van der Waals surface area (Å²) in [5, 5.41) is 3.01. The van der Waals surface area contributed by atoms with Crippen LogP contribution in [0.25, 0.3) is 0 Å². The summed E-state index contributed by atoms with van der Waals surface area (Å²) in [4.78, 5) is 12.3. The van der Waals surface area contributed by atoms with Crippen molar-refractivity contribution in [3.63, 3.8) is 0 Å². The van der Waals surface area contributed by atoms with Crippen LogP contribution < -0.4 is 5.32 Å². The van der Waals surface area contributed by atoms with Crippen molar-refractivity contribution in [1.29, 1.82) is 0 Å². The Morgan fingerprint density at radius 3 is 2.05 bits per heavy atom. The Kier molecular flexibility index (Phi) is 4.30. The average Bonchev–Trinajstić information content (AvgIpc) is 2.58. The molecule has 0 radical (unpaired) electrons. The fourth-order valence-electron chi connectivity index (χ4n) is 2.40. The summed E-state index contributed by atoms with van der Waals surface area (Å²) in [6.45, 7) is 0. The molecule has 0 aliphatic rings. The Bertz CT molecular complexity index is 751. The monoisotopic (exact) mass is 287 g/mol. The molecule has 108 valence electrons. The van der Waals surface area contributed by atoms with Gasteiger partial charge in [-0.2, -0.15) is 0 Å². The molecule has 0 aliphatic heterocycles. The first-order chi connectivity index (χ1) is 10.8. The summed E-state index contributed by atoms with van der Waals surface area (Å²) in [6, 6.07) is 27.4. The van der Waals surface area contributed by atoms with Gasteiger partial charge in [-0.3, -0.25) is 4.79 Å². The lowest BCUT2D eigenvalue weighted by Crippen LogP contribution is -2.13. The minimum Gasteiger partial charge on any atom is -0.322 e. The van der Waals surface area contributed by atoms with E-state index in [1.54, 1.807) is 0 Å². The van der Waals surface area contributed by atoms with Crippen molar-refractivity contribution in [1.82, 2.24) is 0 Å². The maximum Gasteiger partial charge on any atom is 0.255 e. The molecule has 3 aromatic rings. The number of hydrogen-bond donors (Lipinski definition) is 1. The van der Waals surface area contributed by atoms with Crippen molar-refractivity contribution in [2.75, 3.05) is 5.32 Å². The van der Waals surface area contributed by atoms with Gasteiger partial charge in [0.25, 0.3) is 5.91 Å². The van der Waals surface area contributed by atoms with Gasteiger partial charge >= 0.3 is 0 Å². The van der Waals surface area contributed by atoms with Gasteiger partial charge in [-0.1, -0.05) is 66.7 Å². The Morgan fingerprint density at radius 2 is 1.32 bits per heavy atom. The largest absolute Gasteiger partial charge is 0.322 e. The number of carbonyl (C=O) groups is 1. The van der Waals surface area contributed by atoms with Crippen molar-refractivity contribution in [2.45, 2.75) is 6.42 Å². The van der Waals surface area contributed by atoms with E-state index in [1.165, 1.54) is 5.56 Å².